The molecule has 2 heterocycles. The van der Waals surface area contributed by atoms with E-state index in [1.165, 1.54) is 24.3 Å². The Morgan fingerprint density at radius 1 is 1.18 bits per heavy atom. The van der Waals surface area contributed by atoms with Gasteiger partial charge in [-0.15, -0.1) is 0 Å². The molecule has 33 heavy (non-hydrogen) atoms. The van der Waals surface area contributed by atoms with Gasteiger partial charge in [-0.05, 0) is 81.4 Å². The highest BCUT2D eigenvalue weighted by atomic mass is 35.5. The van der Waals surface area contributed by atoms with Gasteiger partial charge in [0.1, 0.15) is 11.4 Å². The fraction of sp³-hybridized carbons (Fsp3) is 0.240. The average molecular weight is 484 g/mol. The summed E-state index contributed by atoms with van der Waals surface area (Å²) < 4.78 is 14.4. The summed E-state index contributed by atoms with van der Waals surface area (Å²) in [6.45, 7) is 9.16. The minimum atomic E-state index is -0.716. The first-order chi connectivity index (χ1) is 15.5. The zero-order valence-electron chi connectivity index (χ0n) is 18.7. The van der Waals surface area contributed by atoms with Crippen LogP contribution in [0.5, 0.6) is 0 Å². The van der Waals surface area contributed by atoms with E-state index in [1.54, 1.807) is 6.07 Å². The van der Waals surface area contributed by atoms with E-state index in [1.807, 2.05) is 19.1 Å². The largest absolute Gasteiger partial charge is 0.363 e. The van der Waals surface area contributed by atoms with Gasteiger partial charge in [0.15, 0.2) is 5.11 Å². The molecule has 1 saturated heterocycles. The average Bonchev–Trinajstić information content (AvgIpc) is 2.72. The molecule has 1 N–H and O–H groups in total. The SMILES string of the molecule is CCN1c2cc(Cl)c(/C=C3/C(=O)NC(=S)N(c4ccccc4F)C3=O)cc2C(C)=CC1(C)C. The van der Waals surface area contributed by atoms with Crippen LogP contribution in [0.2, 0.25) is 5.02 Å². The van der Waals surface area contributed by atoms with Gasteiger partial charge in [-0.3, -0.25) is 14.9 Å². The Labute approximate surface area is 202 Å². The van der Waals surface area contributed by atoms with E-state index >= 15 is 0 Å². The zero-order chi connectivity index (χ0) is 24.1. The quantitative estimate of drug-likeness (QED) is 0.364. The third kappa shape index (κ3) is 3.96. The predicted molar refractivity (Wildman–Crippen MR) is 135 cm³/mol. The van der Waals surface area contributed by atoms with Crippen molar-refractivity contribution in [3.8, 4) is 0 Å². The minimum absolute atomic E-state index is 0.0328. The number of benzene rings is 2. The number of carbonyl (C=O) groups excluding carboxylic acids is 2. The topological polar surface area (TPSA) is 52.7 Å². The third-order valence-electron chi connectivity index (χ3n) is 5.91. The van der Waals surface area contributed by atoms with E-state index < -0.39 is 17.6 Å². The highest BCUT2D eigenvalue weighted by Crippen LogP contribution is 2.41. The summed E-state index contributed by atoms with van der Waals surface area (Å²) in [5, 5.41) is 2.70. The van der Waals surface area contributed by atoms with Crippen molar-refractivity contribution < 1.29 is 14.0 Å². The Balaban J connectivity index is 1.81. The summed E-state index contributed by atoms with van der Waals surface area (Å²) in [7, 11) is 0. The van der Waals surface area contributed by atoms with E-state index in [4.69, 9.17) is 23.8 Å². The normalized spacial score (nSPS) is 18.9. The Morgan fingerprint density at radius 3 is 2.55 bits per heavy atom. The lowest BCUT2D eigenvalue weighted by Gasteiger charge is -2.43. The number of anilines is 2. The first-order valence-corrected chi connectivity index (χ1v) is 11.3. The van der Waals surface area contributed by atoms with Crippen LogP contribution in [0.1, 0.15) is 38.8 Å². The zero-order valence-corrected chi connectivity index (χ0v) is 20.3. The number of likely N-dealkylation sites (N-methyl/N-ethyl adjacent to an activating group) is 1. The summed E-state index contributed by atoms with van der Waals surface area (Å²) in [5.74, 6) is -2.00. The van der Waals surface area contributed by atoms with Crippen molar-refractivity contribution in [1.82, 2.24) is 5.32 Å². The van der Waals surface area contributed by atoms with Gasteiger partial charge in [-0.1, -0.05) is 29.8 Å². The van der Waals surface area contributed by atoms with Crippen molar-refractivity contribution in [2.75, 3.05) is 16.3 Å². The van der Waals surface area contributed by atoms with Crippen molar-refractivity contribution in [2.24, 2.45) is 0 Å². The van der Waals surface area contributed by atoms with Crippen molar-refractivity contribution in [3.05, 3.63) is 70.0 Å². The lowest BCUT2D eigenvalue weighted by Crippen LogP contribution is -2.54. The molecule has 0 aromatic heterocycles. The second kappa shape index (κ2) is 8.39. The summed E-state index contributed by atoms with van der Waals surface area (Å²) in [4.78, 5) is 29.1. The van der Waals surface area contributed by atoms with Crippen LogP contribution >= 0.6 is 23.8 Å². The van der Waals surface area contributed by atoms with Gasteiger partial charge in [0.2, 0.25) is 0 Å². The molecule has 0 unspecified atom stereocenters. The van der Waals surface area contributed by atoms with Crippen LogP contribution in [0, 0.1) is 5.82 Å². The van der Waals surface area contributed by atoms with Crippen LogP contribution < -0.4 is 15.1 Å². The molecule has 1 fully saturated rings. The molecular weight excluding hydrogens is 461 g/mol. The lowest BCUT2D eigenvalue weighted by atomic mass is 9.87. The van der Waals surface area contributed by atoms with Crippen molar-refractivity contribution in [2.45, 2.75) is 33.2 Å². The van der Waals surface area contributed by atoms with Crippen molar-refractivity contribution in [1.29, 1.82) is 0 Å². The number of rotatable bonds is 3. The van der Waals surface area contributed by atoms with Crippen LogP contribution in [0.25, 0.3) is 11.6 Å². The van der Waals surface area contributed by atoms with Crippen LogP contribution in [0.3, 0.4) is 0 Å². The maximum absolute atomic E-state index is 14.4. The Bertz CT molecular complexity index is 1270. The molecule has 2 aromatic carbocycles. The monoisotopic (exact) mass is 483 g/mol. The molecule has 0 aliphatic carbocycles. The van der Waals surface area contributed by atoms with E-state index in [0.29, 0.717) is 10.6 Å². The molecule has 2 aliphatic heterocycles. The van der Waals surface area contributed by atoms with Crippen LogP contribution in [-0.2, 0) is 9.59 Å². The van der Waals surface area contributed by atoms with Gasteiger partial charge >= 0.3 is 0 Å². The standard InChI is InChI=1S/C25H23ClFN3O2S/c1-5-29-21-12-18(26)15(10-16(21)14(2)13-25(29,3)4)11-17-22(31)28-24(33)30(23(17)32)20-9-7-6-8-19(20)27/h6-13H,5H2,1-4H3,(H,28,31,33)/b17-11-. The van der Waals surface area contributed by atoms with Crippen molar-refractivity contribution >= 4 is 63.8 Å². The fourth-order valence-corrected chi connectivity index (χ4v) is 4.95. The molecule has 170 valence electrons. The lowest BCUT2D eigenvalue weighted by molar-refractivity contribution is -0.122. The number of halogens is 2. The number of nitrogens with one attached hydrogen (secondary N) is 1. The van der Waals surface area contributed by atoms with E-state index in [0.717, 1.165) is 28.3 Å². The Hall–Kier alpha value is -3.03. The smallest absolute Gasteiger partial charge is 0.270 e. The first kappa shape index (κ1) is 23.1. The van der Waals surface area contributed by atoms with Gasteiger partial charge in [0.05, 0.1) is 11.2 Å². The van der Waals surface area contributed by atoms with Gasteiger partial charge in [-0.25, -0.2) is 9.29 Å². The van der Waals surface area contributed by atoms with Gasteiger partial charge in [-0.2, -0.15) is 0 Å². The maximum atomic E-state index is 14.4. The number of nitrogens with zero attached hydrogens (tertiary/aromatic N) is 2. The van der Waals surface area contributed by atoms with Gasteiger partial charge in [0.25, 0.3) is 11.8 Å². The Kier molecular flexibility index (Phi) is 5.88. The molecule has 4 rings (SSSR count). The number of amides is 2. The van der Waals surface area contributed by atoms with Crippen LogP contribution in [0.15, 0.2) is 48.0 Å². The molecule has 2 aliphatic rings. The molecule has 0 radical (unpaired) electrons. The van der Waals surface area contributed by atoms with E-state index in [2.05, 4.69) is 37.1 Å². The molecule has 0 bridgehead atoms. The van der Waals surface area contributed by atoms with E-state index in [-0.39, 0.29) is 21.9 Å². The summed E-state index contributed by atoms with van der Waals surface area (Å²) >= 11 is 11.8. The summed E-state index contributed by atoms with van der Waals surface area (Å²) in [6, 6.07) is 9.47. The third-order valence-corrected chi connectivity index (χ3v) is 6.52. The fourth-order valence-electron chi connectivity index (χ4n) is 4.47. The number of carbonyl (C=O) groups is 2. The second-order valence-electron chi connectivity index (χ2n) is 8.53. The van der Waals surface area contributed by atoms with Gasteiger partial charge < -0.3 is 4.90 Å². The van der Waals surface area contributed by atoms with E-state index in [9.17, 15) is 14.0 Å². The van der Waals surface area contributed by atoms with Crippen molar-refractivity contribution in [3.63, 3.8) is 0 Å². The predicted octanol–water partition coefficient (Wildman–Crippen LogP) is 5.33. The second-order valence-corrected chi connectivity index (χ2v) is 9.32. The summed E-state index contributed by atoms with van der Waals surface area (Å²) in [5.41, 5.74) is 3.15. The molecule has 8 heteroatoms. The molecule has 2 aromatic rings. The summed E-state index contributed by atoms with van der Waals surface area (Å²) in [6.07, 6.45) is 3.61. The number of hydrogen-bond donors (Lipinski definition) is 1. The highest BCUT2D eigenvalue weighted by Gasteiger charge is 2.36. The molecule has 0 atom stereocenters. The maximum Gasteiger partial charge on any atom is 0.270 e. The molecule has 2 amide bonds. The number of thiocarbonyl (C=S) groups is 1. The molecule has 0 spiro atoms. The number of para-hydroxylation sites is 1. The molecule has 0 saturated carbocycles. The minimum Gasteiger partial charge on any atom is -0.363 e. The number of fused-ring (bicyclic) bond motifs is 1. The van der Waals surface area contributed by atoms with Gasteiger partial charge in [0, 0.05) is 22.8 Å². The number of allylic oxidation sites excluding steroid dienone is 1. The molecule has 5 nitrogen and oxygen atoms in total. The highest BCUT2D eigenvalue weighted by molar-refractivity contribution is 7.80. The van der Waals surface area contributed by atoms with Crippen LogP contribution in [-0.4, -0.2) is 29.0 Å². The number of hydrogen-bond acceptors (Lipinski definition) is 4. The Morgan fingerprint density at radius 2 is 1.88 bits per heavy atom. The molecular formula is C25H23ClFN3O2S. The van der Waals surface area contributed by atoms with Crippen LogP contribution in [0.4, 0.5) is 15.8 Å². The first-order valence-electron chi connectivity index (χ1n) is 10.5.